The van der Waals surface area contributed by atoms with Crippen LogP contribution in [0.15, 0.2) is 18.2 Å². The maximum Gasteiger partial charge on any atom is 0.126 e. The standard InChI is InChI=1S/C16H27FN2O2/c1-3-18-16(6-7-19(8-10-20)9-11-21)14-5-4-13(2)15(17)12-14/h4-5,12,16,18,20-21H,3,6-11H2,1-2H3. The van der Waals surface area contributed by atoms with Crippen molar-refractivity contribution < 1.29 is 14.6 Å². The van der Waals surface area contributed by atoms with Gasteiger partial charge in [0.15, 0.2) is 0 Å². The first kappa shape index (κ1) is 18.0. The highest BCUT2D eigenvalue weighted by molar-refractivity contribution is 5.25. The van der Waals surface area contributed by atoms with Crippen LogP contribution in [-0.2, 0) is 0 Å². The summed E-state index contributed by atoms with van der Waals surface area (Å²) in [7, 11) is 0. The Balaban J connectivity index is 2.69. The number of hydrogen-bond acceptors (Lipinski definition) is 4. The molecule has 0 aliphatic rings. The van der Waals surface area contributed by atoms with E-state index in [9.17, 15) is 4.39 Å². The van der Waals surface area contributed by atoms with Gasteiger partial charge in [-0.15, -0.1) is 0 Å². The molecule has 1 aromatic carbocycles. The molecule has 0 heterocycles. The van der Waals surface area contributed by atoms with Crippen LogP contribution in [0.2, 0.25) is 0 Å². The lowest BCUT2D eigenvalue weighted by atomic mass is 10.0. The predicted molar refractivity (Wildman–Crippen MR) is 82.8 cm³/mol. The van der Waals surface area contributed by atoms with E-state index in [4.69, 9.17) is 10.2 Å². The van der Waals surface area contributed by atoms with Gasteiger partial charge in [0, 0.05) is 25.7 Å². The van der Waals surface area contributed by atoms with E-state index in [1.807, 2.05) is 17.9 Å². The van der Waals surface area contributed by atoms with Crippen molar-refractivity contribution in [2.24, 2.45) is 0 Å². The third-order valence-corrected chi connectivity index (χ3v) is 3.62. The van der Waals surface area contributed by atoms with Crippen LogP contribution in [0, 0.1) is 12.7 Å². The Labute approximate surface area is 126 Å². The van der Waals surface area contributed by atoms with E-state index < -0.39 is 0 Å². The van der Waals surface area contributed by atoms with Gasteiger partial charge in [-0.3, -0.25) is 4.90 Å². The van der Waals surface area contributed by atoms with Crippen LogP contribution in [0.3, 0.4) is 0 Å². The van der Waals surface area contributed by atoms with Gasteiger partial charge in [0.05, 0.1) is 13.2 Å². The molecule has 120 valence electrons. The molecular weight excluding hydrogens is 271 g/mol. The zero-order valence-corrected chi connectivity index (χ0v) is 13.0. The maximum absolute atomic E-state index is 13.7. The zero-order chi connectivity index (χ0) is 15.7. The first-order valence-corrected chi connectivity index (χ1v) is 7.55. The summed E-state index contributed by atoms with van der Waals surface area (Å²) in [5, 5.41) is 21.4. The summed E-state index contributed by atoms with van der Waals surface area (Å²) >= 11 is 0. The summed E-state index contributed by atoms with van der Waals surface area (Å²) in [6, 6.07) is 5.41. The SMILES string of the molecule is CCNC(CCN(CCO)CCO)c1ccc(C)c(F)c1. The number of aliphatic hydroxyl groups excluding tert-OH is 2. The molecule has 0 fully saturated rings. The molecule has 0 aromatic heterocycles. The lowest BCUT2D eigenvalue weighted by molar-refractivity contribution is 0.156. The Morgan fingerprint density at radius 2 is 1.86 bits per heavy atom. The van der Waals surface area contributed by atoms with Gasteiger partial charge in [0.1, 0.15) is 5.82 Å². The number of aliphatic hydroxyl groups is 2. The molecule has 1 atom stereocenters. The van der Waals surface area contributed by atoms with Crippen molar-refractivity contribution in [3.05, 3.63) is 35.1 Å². The van der Waals surface area contributed by atoms with Crippen molar-refractivity contribution in [2.45, 2.75) is 26.3 Å². The summed E-state index contributed by atoms with van der Waals surface area (Å²) in [6.07, 6.45) is 0.802. The number of aryl methyl sites for hydroxylation is 1. The van der Waals surface area contributed by atoms with Crippen molar-refractivity contribution >= 4 is 0 Å². The quantitative estimate of drug-likeness (QED) is 0.612. The zero-order valence-electron chi connectivity index (χ0n) is 13.0. The van der Waals surface area contributed by atoms with Gasteiger partial charge in [-0.1, -0.05) is 19.1 Å². The van der Waals surface area contributed by atoms with Crippen LogP contribution in [0.4, 0.5) is 4.39 Å². The summed E-state index contributed by atoms with van der Waals surface area (Å²) in [5.74, 6) is -0.182. The van der Waals surface area contributed by atoms with Gasteiger partial charge in [0.2, 0.25) is 0 Å². The molecule has 0 radical (unpaired) electrons. The van der Waals surface area contributed by atoms with Crippen LogP contribution in [0.5, 0.6) is 0 Å². The fourth-order valence-electron chi connectivity index (χ4n) is 2.39. The van der Waals surface area contributed by atoms with Gasteiger partial charge < -0.3 is 15.5 Å². The Bertz CT molecular complexity index is 409. The molecule has 3 N–H and O–H groups in total. The Morgan fingerprint density at radius 3 is 2.38 bits per heavy atom. The molecule has 1 rings (SSSR count). The molecule has 0 aliphatic heterocycles. The summed E-state index contributed by atoms with van der Waals surface area (Å²) in [5.41, 5.74) is 1.59. The lowest BCUT2D eigenvalue weighted by Crippen LogP contribution is -2.33. The second kappa shape index (κ2) is 9.84. The average molecular weight is 298 g/mol. The highest BCUT2D eigenvalue weighted by atomic mass is 19.1. The summed E-state index contributed by atoms with van der Waals surface area (Å²) in [6.45, 7) is 6.57. The van der Waals surface area contributed by atoms with Crippen LogP contribution >= 0.6 is 0 Å². The van der Waals surface area contributed by atoms with Gasteiger partial charge in [0.25, 0.3) is 0 Å². The van der Waals surface area contributed by atoms with Crippen molar-refractivity contribution in [1.29, 1.82) is 0 Å². The summed E-state index contributed by atoms with van der Waals surface area (Å²) < 4.78 is 13.7. The smallest absolute Gasteiger partial charge is 0.126 e. The minimum absolute atomic E-state index is 0.0741. The van der Waals surface area contributed by atoms with Crippen molar-refractivity contribution in [3.63, 3.8) is 0 Å². The fourth-order valence-corrected chi connectivity index (χ4v) is 2.39. The van der Waals surface area contributed by atoms with Gasteiger partial charge in [-0.25, -0.2) is 4.39 Å². The first-order valence-electron chi connectivity index (χ1n) is 7.55. The highest BCUT2D eigenvalue weighted by Crippen LogP contribution is 2.20. The van der Waals surface area contributed by atoms with E-state index in [-0.39, 0.29) is 25.1 Å². The second-order valence-corrected chi connectivity index (χ2v) is 5.20. The lowest BCUT2D eigenvalue weighted by Gasteiger charge is -2.25. The third-order valence-electron chi connectivity index (χ3n) is 3.62. The van der Waals surface area contributed by atoms with Gasteiger partial charge >= 0.3 is 0 Å². The molecule has 1 unspecified atom stereocenters. The normalized spacial score (nSPS) is 12.9. The van der Waals surface area contributed by atoms with Crippen LogP contribution in [0.1, 0.15) is 30.5 Å². The van der Waals surface area contributed by atoms with E-state index >= 15 is 0 Å². The van der Waals surface area contributed by atoms with Crippen LogP contribution in [-0.4, -0.2) is 54.5 Å². The number of nitrogens with one attached hydrogen (secondary N) is 1. The minimum Gasteiger partial charge on any atom is -0.395 e. The maximum atomic E-state index is 13.7. The molecule has 0 spiro atoms. The van der Waals surface area contributed by atoms with E-state index in [0.29, 0.717) is 18.7 Å². The molecule has 0 amide bonds. The largest absolute Gasteiger partial charge is 0.395 e. The topological polar surface area (TPSA) is 55.7 Å². The highest BCUT2D eigenvalue weighted by Gasteiger charge is 2.14. The number of hydrogen-bond donors (Lipinski definition) is 3. The molecule has 0 saturated carbocycles. The summed E-state index contributed by atoms with van der Waals surface area (Å²) in [4.78, 5) is 2.01. The van der Waals surface area contributed by atoms with Crippen molar-refractivity contribution in [2.75, 3.05) is 39.4 Å². The Morgan fingerprint density at radius 1 is 1.19 bits per heavy atom. The average Bonchev–Trinajstić information content (AvgIpc) is 2.46. The van der Waals surface area contributed by atoms with Crippen molar-refractivity contribution in [3.8, 4) is 0 Å². The molecule has 1 aromatic rings. The van der Waals surface area contributed by atoms with Gasteiger partial charge in [-0.05, 0) is 37.1 Å². The number of rotatable bonds is 10. The van der Waals surface area contributed by atoms with Crippen molar-refractivity contribution in [1.82, 2.24) is 10.2 Å². The molecule has 0 saturated heterocycles. The number of benzene rings is 1. The molecule has 4 nitrogen and oxygen atoms in total. The Kier molecular flexibility index (Phi) is 8.45. The van der Waals surface area contributed by atoms with E-state index in [1.165, 1.54) is 0 Å². The number of halogens is 1. The van der Waals surface area contributed by atoms with Gasteiger partial charge in [-0.2, -0.15) is 0 Å². The van der Waals surface area contributed by atoms with E-state index in [2.05, 4.69) is 5.32 Å². The molecule has 5 heteroatoms. The Hall–Kier alpha value is -1.01. The molecule has 0 bridgehead atoms. The van der Waals surface area contributed by atoms with E-state index in [0.717, 1.165) is 25.1 Å². The molecular formula is C16H27FN2O2. The van der Waals surface area contributed by atoms with Crippen LogP contribution < -0.4 is 5.32 Å². The second-order valence-electron chi connectivity index (χ2n) is 5.20. The van der Waals surface area contributed by atoms with Crippen LogP contribution in [0.25, 0.3) is 0 Å². The number of nitrogens with zero attached hydrogens (tertiary/aromatic N) is 1. The third kappa shape index (κ3) is 6.09. The minimum atomic E-state index is -0.182. The fraction of sp³-hybridized carbons (Fsp3) is 0.625. The first-order chi connectivity index (χ1) is 10.1. The van der Waals surface area contributed by atoms with E-state index in [1.54, 1.807) is 19.1 Å². The molecule has 21 heavy (non-hydrogen) atoms. The monoisotopic (exact) mass is 298 g/mol. The molecule has 0 aliphatic carbocycles. The predicted octanol–water partition coefficient (Wildman–Crippen LogP) is 1.46.